The number of carbonyl (C=O) groups is 2. The molecule has 8 nitrogen and oxygen atoms in total. The van der Waals surface area contributed by atoms with Crippen molar-refractivity contribution >= 4 is 23.6 Å². The van der Waals surface area contributed by atoms with Crippen LogP contribution in [0.5, 0.6) is 17.2 Å². The molecule has 0 saturated carbocycles. The second kappa shape index (κ2) is 10.3. The molecule has 2 heterocycles. The maximum Gasteiger partial charge on any atom is 0.272 e. The second-order valence-corrected chi connectivity index (χ2v) is 8.43. The van der Waals surface area contributed by atoms with Gasteiger partial charge in [0.2, 0.25) is 0 Å². The van der Waals surface area contributed by atoms with E-state index in [1.165, 1.54) is 11.8 Å². The number of amides is 2. The predicted molar refractivity (Wildman–Crippen MR) is 123 cm³/mol. The van der Waals surface area contributed by atoms with Crippen molar-refractivity contribution in [1.82, 2.24) is 15.8 Å². The first-order chi connectivity index (χ1) is 16.0. The Morgan fingerprint density at radius 1 is 0.970 bits per heavy atom. The summed E-state index contributed by atoms with van der Waals surface area (Å²) in [5.41, 5.74) is 5.61. The van der Waals surface area contributed by atoms with Crippen molar-refractivity contribution in [3.63, 3.8) is 0 Å². The monoisotopic (exact) mass is 465 g/mol. The van der Waals surface area contributed by atoms with Crippen molar-refractivity contribution in [1.29, 1.82) is 0 Å². The van der Waals surface area contributed by atoms with E-state index < -0.39 is 11.8 Å². The van der Waals surface area contributed by atoms with Gasteiger partial charge in [-0.1, -0.05) is 11.8 Å². The lowest BCUT2D eigenvalue weighted by molar-refractivity contribution is 0.0844. The summed E-state index contributed by atoms with van der Waals surface area (Å²) in [7, 11) is 0. The van der Waals surface area contributed by atoms with Crippen LogP contribution in [0.2, 0.25) is 0 Å². The quantitative estimate of drug-likeness (QED) is 0.533. The molecular formula is C24H23N3O5S. The molecular weight excluding hydrogens is 442 g/mol. The van der Waals surface area contributed by atoms with Gasteiger partial charge in [-0.2, -0.15) is 0 Å². The van der Waals surface area contributed by atoms with Crippen molar-refractivity contribution in [2.75, 3.05) is 13.2 Å². The number of nitrogens with one attached hydrogen (secondary N) is 2. The number of aromatic nitrogens is 1. The third-order valence-electron chi connectivity index (χ3n) is 4.52. The minimum Gasteiger partial charge on any atom is -0.491 e. The van der Waals surface area contributed by atoms with Gasteiger partial charge in [-0.25, -0.2) is 4.98 Å². The molecule has 2 aromatic carbocycles. The number of carbonyl (C=O) groups excluding carboxylic acids is 2. The van der Waals surface area contributed by atoms with Gasteiger partial charge < -0.3 is 14.2 Å². The lowest BCUT2D eigenvalue weighted by Gasteiger charge is -2.18. The van der Waals surface area contributed by atoms with E-state index >= 15 is 0 Å². The van der Waals surface area contributed by atoms with Crippen LogP contribution < -0.4 is 25.1 Å². The number of benzene rings is 2. The van der Waals surface area contributed by atoms with Crippen molar-refractivity contribution in [2.45, 2.75) is 29.9 Å². The van der Waals surface area contributed by atoms with E-state index in [2.05, 4.69) is 15.8 Å². The van der Waals surface area contributed by atoms with Gasteiger partial charge in [-0.05, 0) is 68.4 Å². The van der Waals surface area contributed by atoms with Gasteiger partial charge in [0.25, 0.3) is 11.8 Å². The number of rotatable bonds is 6. The molecule has 0 bridgehead atoms. The Kier molecular flexibility index (Phi) is 6.99. The number of hydrogen-bond acceptors (Lipinski definition) is 7. The minimum absolute atomic E-state index is 0.0395. The summed E-state index contributed by atoms with van der Waals surface area (Å²) in [4.78, 5) is 30.3. The molecule has 170 valence electrons. The van der Waals surface area contributed by atoms with Gasteiger partial charge in [0, 0.05) is 16.7 Å². The van der Waals surface area contributed by atoms with Crippen LogP contribution in [-0.2, 0) is 0 Å². The molecule has 33 heavy (non-hydrogen) atoms. The van der Waals surface area contributed by atoms with E-state index in [4.69, 9.17) is 14.2 Å². The topological polar surface area (TPSA) is 98.8 Å². The van der Waals surface area contributed by atoms with Crippen LogP contribution >= 0.6 is 11.8 Å². The smallest absolute Gasteiger partial charge is 0.272 e. The molecule has 3 aromatic rings. The molecule has 0 fully saturated rings. The maximum atomic E-state index is 12.8. The Bertz CT molecular complexity index is 1150. The van der Waals surface area contributed by atoms with E-state index in [-0.39, 0.29) is 6.10 Å². The van der Waals surface area contributed by atoms with Crippen LogP contribution in [0.15, 0.2) is 70.7 Å². The molecule has 9 heteroatoms. The highest BCUT2D eigenvalue weighted by molar-refractivity contribution is 7.99. The van der Waals surface area contributed by atoms with Gasteiger partial charge in [0.15, 0.2) is 11.5 Å². The van der Waals surface area contributed by atoms with Gasteiger partial charge >= 0.3 is 0 Å². The number of fused-ring (bicyclic) bond motifs is 1. The van der Waals surface area contributed by atoms with E-state index in [0.29, 0.717) is 46.6 Å². The van der Waals surface area contributed by atoms with Crippen molar-refractivity contribution in [3.05, 3.63) is 71.9 Å². The molecule has 0 atom stereocenters. The number of hydrazine groups is 1. The lowest BCUT2D eigenvalue weighted by Crippen LogP contribution is -2.41. The first-order valence-corrected chi connectivity index (χ1v) is 11.2. The number of ether oxygens (including phenoxy) is 3. The molecule has 0 aliphatic carbocycles. The second-order valence-electron chi connectivity index (χ2n) is 7.36. The normalized spacial score (nSPS) is 12.2. The number of pyridine rings is 1. The molecule has 4 rings (SSSR count). The SMILES string of the molecule is CC(C)Oc1ccc(C(=O)NNC(=O)c2cccnc2Sc2ccc3c(c2)OCCO3)cc1. The minimum atomic E-state index is -0.476. The predicted octanol–water partition coefficient (Wildman–Crippen LogP) is 3.87. The van der Waals surface area contributed by atoms with E-state index in [1.807, 2.05) is 32.0 Å². The summed E-state index contributed by atoms with van der Waals surface area (Å²) in [6.07, 6.45) is 1.65. The van der Waals surface area contributed by atoms with Crippen LogP contribution in [0.25, 0.3) is 0 Å². The summed E-state index contributed by atoms with van der Waals surface area (Å²) in [5.74, 6) is 1.10. The Morgan fingerprint density at radius 3 is 2.45 bits per heavy atom. The maximum absolute atomic E-state index is 12.8. The van der Waals surface area contributed by atoms with Crippen LogP contribution in [0, 0.1) is 0 Å². The average Bonchev–Trinajstić information content (AvgIpc) is 2.82. The van der Waals surface area contributed by atoms with Gasteiger partial charge in [0.1, 0.15) is 24.0 Å². The summed E-state index contributed by atoms with van der Waals surface area (Å²) >= 11 is 1.32. The van der Waals surface area contributed by atoms with Gasteiger partial charge in [-0.15, -0.1) is 0 Å². The first-order valence-electron chi connectivity index (χ1n) is 10.4. The molecule has 0 radical (unpaired) electrons. The van der Waals surface area contributed by atoms with Gasteiger partial charge in [-0.3, -0.25) is 20.4 Å². The van der Waals surface area contributed by atoms with Crippen molar-refractivity contribution < 1.29 is 23.8 Å². The first kappa shape index (κ1) is 22.5. The lowest BCUT2D eigenvalue weighted by atomic mass is 10.2. The number of hydrogen-bond donors (Lipinski definition) is 2. The standard InChI is InChI=1S/C24H23N3O5S/c1-15(2)32-17-7-5-16(6-8-17)22(28)26-27-23(29)19-4-3-11-25-24(19)33-18-9-10-20-21(14-18)31-13-12-30-20/h3-11,14-15H,12-13H2,1-2H3,(H,26,28)(H,27,29). The van der Waals surface area contributed by atoms with Crippen LogP contribution in [0.1, 0.15) is 34.6 Å². The Labute approximate surface area is 195 Å². The largest absolute Gasteiger partial charge is 0.491 e. The highest BCUT2D eigenvalue weighted by Crippen LogP contribution is 2.37. The zero-order valence-corrected chi connectivity index (χ0v) is 19.0. The van der Waals surface area contributed by atoms with E-state index in [9.17, 15) is 9.59 Å². The Hall–Kier alpha value is -3.72. The van der Waals surface area contributed by atoms with E-state index in [0.717, 1.165) is 4.90 Å². The fourth-order valence-electron chi connectivity index (χ4n) is 3.05. The number of nitrogens with zero attached hydrogens (tertiary/aromatic N) is 1. The van der Waals surface area contributed by atoms with Crippen molar-refractivity contribution in [2.24, 2.45) is 0 Å². The van der Waals surface area contributed by atoms with Crippen LogP contribution in [-0.4, -0.2) is 36.1 Å². The molecule has 1 aliphatic rings. The van der Waals surface area contributed by atoms with E-state index in [1.54, 1.807) is 42.6 Å². The Morgan fingerprint density at radius 2 is 1.70 bits per heavy atom. The summed E-state index contributed by atoms with van der Waals surface area (Å²) in [5, 5.41) is 0.496. The molecule has 0 spiro atoms. The zero-order valence-electron chi connectivity index (χ0n) is 18.2. The summed E-state index contributed by atoms with van der Waals surface area (Å²) < 4.78 is 16.7. The summed E-state index contributed by atoms with van der Waals surface area (Å²) in [6, 6.07) is 15.5. The summed E-state index contributed by atoms with van der Waals surface area (Å²) in [6.45, 7) is 4.86. The Balaban J connectivity index is 1.40. The molecule has 2 amide bonds. The molecule has 0 unspecified atom stereocenters. The highest BCUT2D eigenvalue weighted by Gasteiger charge is 2.17. The fraction of sp³-hybridized carbons (Fsp3) is 0.208. The molecule has 1 aromatic heterocycles. The highest BCUT2D eigenvalue weighted by atomic mass is 32.2. The zero-order chi connectivity index (χ0) is 23.2. The fourth-order valence-corrected chi connectivity index (χ4v) is 3.96. The van der Waals surface area contributed by atoms with Crippen LogP contribution in [0.4, 0.5) is 0 Å². The van der Waals surface area contributed by atoms with Crippen molar-refractivity contribution in [3.8, 4) is 17.2 Å². The molecule has 2 N–H and O–H groups in total. The molecule has 0 saturated heterocycles. The third kappa shape index (κ3) is 5.75. The van der Waals surface area contributed by atoms with Crippen LogP contribution in [0.3, 0.4) is 0 Å². The van der Waals surface area contributed by atoms with Gasteiger partial charge in [0.05, 0.1) is 11.7 Å². The average molecular weight is 466 g/mol. The third-order valence-corrected chi connectivity index (χ3v) is 5.53. The molecule has 1 aliphatic heterocycles.